The van der Waals surface area contributed by atoms with Crippen LogP contribution in [0.25, 0.3) is 28.0 Å². The van der Waals surface area contributed by atoms with Crippen molar-refractivity contribution in [3.8, 4) is 22.8 Å². The zero-order valence-electron chi connectivity index (χ0n) is 25.8. The molecule has 0 bridgehead atoms. The quantitative estimate of drug-likeness (QED) is 0.145. The van der Waals surface area contributed by atoms with Gasteiger partial charge in [-0.3, -0.25) is 24.5 Å². The van der Waals surface area contributed by atoms with E-state index >= 15 is 0 Å². The number of carbonyl (C=O) groups excluding carboxylic acids is 3. The SMILES string of the molecule is COc1cnc(-c2cc(C(=O)NCCc3ccncc3)[nH]n2)c2[nH]cc(C(=O)C(=O)N3CCN(c4nnnn4-c4ccccc4)CC3)c12. The number of Topliss-reactive ketones (excluding diaryl/α,β-unsaturated/α-hetero) is 1. The normalized spacial score (nSPS) is 13.1. The number of piperazine rings is 1. The Hall–Kier alpha value is -6.45. The van der Waals surface area contributed by atoms with Crippen LogP contribution in [0.15, 0.2) is 73.3 Å². The molecule has 1 saturated heterocycles. The van der Waals surface area contributed by atoms with Crippen molar-refractivity contribution in [2.45, 2.75) is 6.42 Å². The van der Waals surface area contributed by atoms with Crippen LogP contribution >= 0.6 is 0 Å². The second-order valence-electron chi connectivity index (χ2n) is 11.0. The second kappa shape index (κ2) is 13.1. The molecule has 0 aliphatic carbocycles. The molecule has 1 aliphatic rings. The minimum absolute atomic E-state index is 0.149. The first-order chi connectivity index (χ1) is 23.5. The molecule has 0 unspecified atom stereocenters. The number of pyridine rings is 2. The van der Waals surface area contributed by atoms with E-state index in [1.54, 1.807) is 23.1 Å². The lowest BCUT2D eigenvalue weighted by Crippen LogP contribution is -2.51. The van der Waals surface area contributed by atoms with Gasteiger partial charge in [-0.1, -0.05) is 23.3 Å². The molecule has 242 valence electrons. The summed E-state index contributed by atoms with van der Waals surface area (Å²) in [5.41, 5.74) is 3.48. The van der Waals surface area contributed by atoms with Crippen molar-refractivity contribution >= 4 is 34.4 Å². The molecule has 16 heteroatoms. The fourth-order valence-electron chi connectivity index (χ4n) is 5.65. The van der Waals surface area contributed by atoms with E-state index in [9.17, 15) is 14.4 Å². The Labute approximate surface area is 273 Å². The number of nitrogens with zero attached hydrogens (tertiary/aromatic N) is 9. The van der Waals surface area contributed by atoms with Crippen molar-refractivity contribution in [1.82, 2.24) is 55.6 Å². The zero-order valence-corrected chi connectivity index (χ0v) is 25.8. The van der Waals surface area contributed by atoms with E-state index in [4.69, 9.17) is 4.74 Å². The van der Waals surface area contributed by atoms with Gasteiger partial charge in [0.1, 0.15) is 22.8 Å². The fraction of sp³-hybridized carbons (Fsp3) is 0.219. The fourth-order valence-corrected chi connectivity index (χ4v) is 5.65. The van der Waals surface area contributed by atoms with Gasteiger partial charge in [0.05, 0.1) is 35.5 Å². The lowest BCUT2D eigenvalue weighted by Gasteiger charge is -2.34. The molecule has 0 saturated carbocycles. The summed E-state index contributed by atoms with van der Waals surface area (Å²) in [6, 6.07) is 14.9. The average Bonchev–Trinajstić information content (AvgIpc) is 3.92. The third-order valence-corrected chi connectivity index (χ3v) is 8.15. The van der Waals surface area contributed by atoms with Gasteiger partial charge in [0.2, 0.25) is 5.95 Å². The number of hydrogen-bond acceptors (Lipinski definition) is 11. The predicted molar refractivity (Wildman–Crippen MR) is 173 cm³/mol. The van der Waals surface area contributed by atoms with Crippen molar-refractivity contribution in [2.75, 3.05) is 44.7 Å². The number of carbonyl (C=O) groups is 3. The summed E-state index contributed by atoms with van der Waals surface area (Å²) in [7, 11) is 1.46. The Morgan fingerprint density at radius 2 is 1.81 bits per heavy atom. The highest BCUT2D eigenvalue weighted by atomic mass is 16.5. The zero-order chi connectivity index (χ0) is 33.0. The van der Waals surface area contributed by atoms with Crippen LogP contribution in [0.5, 0.6) is 5.75 Å². The Balaban J connectivity index is 1.05. The Morgan fingerprint density at radius 1 is 1.02 bits per heavy atom. The lowest BCUT2D eigenvalue weighted by molar-refractivity contribution is -0.126. The van der Waals surface area contributed by atoms with Gasteiger partial charge in [0.25, 0.3) is 17.6 Å². The number of benzene rings is 1. The number of tetrazole rings is 1. The van der Waals surface area contributed by atoms with Crippen LogP contribution < -0.4 is 15.0 Å². The lowest BCUT2D eigenvalue weighted by atomic mass is 10.1. The third-order valence-electron chi connectivity index (χ3n) is 8.15. The van der Waals surface area contributed by atoms with Crippen LogP contribution in [0, 0.1) is 0 Å². The number of aromatic nitrogens is 9. The molecule has 1 aromatic carbocycles. The van der Waals surface area contributed by atoms with Crippen molar-refractivity contribution < 1.29 is 19.1 Å². The van der Waals surface area contributed by atoms with Crippen molar-refractivity contribution in [3.63, 3.8) is 0 Å². The average molecular weight is 647 g/mol. The summed E-state index contributed by atoms with van der Waals surface area (Å²) in [6.45, 7) is 1.92. The number of anilines is 1. The number of ketones is 1. The summed E-state index contributed by atoms with van der Waals surface area (Å²) in [6.07, 6.45) is 7.00. The standard InChI is InChI=1S/C32H30N12O4/c1-48-25-19-36-27(23-17-24(38-37-23)30(46)34-12-9-20-7-10-33-11-8-20)28-26(25)22(18-35-28)29(45)31(47)42-13-15-43(16-14-42)32-39-40-41-44(32)21-5-3-2-4-6-21/h2-8,10-11,17-19,35H,9,12-16H2,1H3,(H,34,46)(H,37,38). The van der Waals surface area contributed by atoms with E-state index < -0.39 is 11.7 Å². The monoisotopic (exact) mass is 646 g/mol. The number of fused-ring (bicyclic) bond motifs is 1. The van der Waals surface area contributed by atoms with E-state index in [0.29, 0.717) is 73.1 Å². The van der Waals surface area contributed by atoms with Gasteiger partial charge < -0.3 is 24.8 Å². The van der Waals surface area contributed by atoms with Crippen molar-refractivity contribution in [3.05, 3.63) is 90.1 Å². The molecule has 6 heterocycles. The summed E-state index contributed by atoms with van der Waals surface area (Å²) in [4.78, 5) is 55.0. The van der Waals surface area contributed by atoms with E-state index in [1.807, 2.05) is 47.4 Å². The molecular formula is C32H30N12O4. The molecule has 16 nitrogen and oxygen atoms in total. The number of rotatable bonds is 10. The minimum Gasteiger partial charge on any atom is -0.494 e. The molecule has 48 heavy (non-hydrogen) atoms. The number of para-hydroxylation sites is 1. The highest BCUT2D eigenvalue weighted by Gasteiger charge is 2.31. The van der Waals surface area contributed by atoms with Gasteiger partial charge in [-0.2, -0.15) is 9.78 Å². The van der Waals surface area contributed by atoms with Crippen molar-refractivity contribution in [1.29, 1.82) is 0 Å². The first-order valence-electron chi connectivity index (χ1n) is 15.2. The van der Waals surface area contributed by atoms with Crippen LogP contribution in [-0.4, -0.2) is 108 Å². The molecule has 0 atom stereocenters. The second-order valence-corrected chi connectivity index (χ2v) is 11.0. The Bertz CT molecular complexity index is 2080. The maximum atomic E-state index is 13.7. The Kier molecular flexibility index (Phi) is 8.25. The van der Waals surface area contributed by atoms with Crippen LogP contribution in [-0.2, 0) is 11.2 Å². The molecule has 7 rings (SSSR count). The van der Waals surface area contributed by atoms with Gasteiger partial charge in [0.15, 0.2) is 0 Å². The number of H-pyrrole nitrogens is 2. The first-order valence-corrected chi connectivity index (χ1v) is 15.2. The molecule has 6 aromatic rings. The molecular weight excluding hydrogens is 616 g/mol. The number of aromatic amines is 2. The van der Waals surface area contributed by atoms with Crippen LogP contribution in [0.2, 0.25) is 0 Å². The summed E-state index contributed by atoms with van der Waals surface area (Å²) in [5.74, 6) is -0.768. The van der Waals surface area contributed by atoms with E-state index in [0.717, 1.165) is 11.3 Å². The van der Waals surface area contributed by atoms with Gasteiger partial charge in [0, 0.05) is 51.3 Å². The number of hydrogen-bond donors (Lipinski definition) is 3. The largest absolute Gasteiger partial charge is 0.494 e. The van der Waals surface area contributed by atoms with Crippen LogP contribution in [0.3, 0.4) is 0 Å². The highest BCUT2D eigenvalue weighted by Crippen LogP contribution is 2.34. The van der Waals surface area contributed by atoms with Gasteiger partial charge in [-0.05, 0) is 52.7 Å². The number of methoxy groups -OCH3 is 1. The molecule has 3 N–H and O–H groups in total. The van der Waals surface area contributed by atoms with Gasteiger partial charge in [-0.15, -0.1) is 0 Å². The molecule has 5 aromatic heterocycles. The molecule has 0 spiro atoms. The summed E-state index contributed by atoms with van der Waals surface area (Å²) < 4.78 is 7.18. The number of nitrogens with one attached hydrogen (secondary N) is 3. The topological polar surface area (TPSA) is 193 Å². The number of ether oxygens (including phenoxy) is 1. The smallest absolute Gasteiger partial charge is 0.295 e. The molecule has 2 amide bonds. The summed E-state index contributed by atoms with van der Waals surface area (Å²) >= 11 is 0. The van der Waals surface area contributed by atoms with Crippen molar-refractivity contribution in [2.24, 2.45) is 0 Å². The molecule has 0 radical (unpaired) electrons. The first kappa shape index (κ1) is 30.2. The van der Waals surface area contributed by atoms with Gasteiger partial charge >= 0.3 is 0 Å². The number of amides is 2. The van der Waals surface area contributed by atoms with E-state index in [1.165, 1.54) is 24.4 Å². The van der Waals surface area contributed by atoms with E-state index in [-0.39, 0.29) is 17.2 Å². The molecule has 1 aliphatic heterocycles. The Morgan fingerprint density at radius 3 is 2.58 bits per heavy atom. The van der Waals surface area contributed by atoms with Crippen LogP contribution in [0.4, 0.5) is 5.95 Å². The maximum absolute atomic E-state index is 13.7. The highest BCUT2D eigenvalue weighted by molar-refractivity contribution is 6.45. The molecule has 1 fully saturated rings. The maximum Gasteiger partial charge on any atom is 0.295 e. The van der Waals surface area contributed by atoms with Gasteiger partial charge in [-0.25, -0.2) is 4.98 Å². The third kappa shape index (κ3) is 5.81. The predicted octanol–water partition coefficient (Wildman–Crippen LogP) is 1.84. The summed E-state index contributed by atoms with van der Waals surface area (Å²) in [5, 5.41) is 22.5. The minimum atomic E-state index is -0.685. The van der Waals surface area contributed by atoms with E-state index in [2.05, 4.69) is 46.0 Å². The van der Waals surface area contributed by atoms with Crippen LogP contribution in [0.1, 0.15) is 26.4 Å².